The Kier molecular flexibility index (Phi) is 9.44. The minimum atomic E-state index is -0.246. The first-order valence-corrected chi connectivity index (χ1v) is 8.52. The topological polar surface area (TPSA) is 38.7 Å². The number of hydrogen-bond donors (Lipinski definition) is 2. The molecule has 0 bridgehead atoms. The molecule has 0 amide bonds. The SMILES string of the molecule is CCN(CC)CC(O)CNCCCN1CCCCC1C. The highest BCUT2D eigenvalue weighted by molar-refractivity contribution is 4.73. The molecule has 4 nitrogen and oxygen atoms in total. The van der Waals surface area contributed by atoms with Crippen molar-refractivity contribution < 1.29 is 5.11 Å². The lowest BCUT2D eigenvalue weighted by Crippen LogP contribution is -2.40. The van der Waals surface area contributed by atoms with E-state index >= 15 is 0 Å². The molecule has 1 heterocycles. The third kappa shape index (κ3) is 7.02. The highest BCUT2D eigenvalue weighted by Gasteiger charge is 2.17. The Hall–Kier alpha value is -0.160. The van der Waals surface area contributed by atoms with Crippen LogP contribution in [0.4, 0.5) is 0 Å². The van der Waals surface area contributed by atoms with E-state index < -0.39 is 0 Å². The van der Waals surface area contributed by atoms with Gasteiger partial charge < -0.3 is 20.2 Å². The number of piperidine rings is 1. The van der Waals surface area contributed by atoms with Crippen molar-refractivity contribution in [1.29, 1.82) is 0 Å². The van der Waals surface area contributed by atoms with Crippen molar-refractivity contribution in [1.82, 2.24) is 15.1 Å². The largest absolute Gasteiger partial charge is 0.390 e. The van der Waals surface area contributed by atoms with Crippen LogP contribution in [0.2, 0.25) is 0 Å². The standard InChI is InChI=1S/C16H35N3O/c1-4-18(5-2)14-16(20)13-17-10-8-12-19-11-7-6-9-15(19)3/h15-17,20H,4-14H2,1-3H3. The van der Waals surface area contributed by atoms with Crippen molar-refractivity contribution >= 4 is 0 Å². The van der Waals surface area contributed by atoms with Crippen molar-refractivity contribution in [2.24, 2.45) is 0 Å². The molecular weight excluding hydrogens is 250 g/mol. The average Bonchev–Trinajstić information content (AvgIpc) is 2.46. The third-order valence-electron chi connectivity index (χ3n) is 4.48. The molecule has 2 atom stereocenters. The number of hydrogen-bond acceptors (Lipinski definition) is 4. The lowest BCUT2D eigenvalue weighted by Gasteiger charge is -2.33. The van der Waals surface area contributed by atoms with Gasteiger partial charge in [0, 0.05) is 19.1 Å². The van der Waals surface area contributed by atoms with E-state index in [1.54, 1.807) is 0 Å². The summed E-state index contributed by atoms with van der Waals surface area (Å²) in [6.45, 7) is 13.6. The zero-order valence-electron chi connectivity index (χ0n) is 13.8. The Balaban J connectivity index is 2.01. The van der Waals surface area contributed by atoms with E-state index in [0.29, 0.717) is 6.54 Å². The second kappa shape index (κ2) is 10.6. The van der Waals surface area contributed by atoms with Crippen LogP contribution in [0.1, 0.15) is 46.5 Å². The monoisotopic (exact) mass is 285 g/mol. The van der Waals surface area contributed by atoms with Crippen LogP contribution in [-0.2, 0) is 0 Å². The molecule has 0 radical (unpaired) electrons. The molecule has 0 aromatic rings. The van der Waals surface area contributed by atoms with E-state index in [2.05, 4.69) is 35.9 Å². The van der Waals surface area contributed by atoms with E-state index in [1.807, 2.05) is 0 Å². The zero-order valence-corrected chi connectivity index (χ0v) is 13.8. The van der Waals surface area contributed by atoms with Gasteiger partial charge in [-0.1, -0.05) is 20.3 Å². The maximum absolute atomic E-state index is 9.96. The predicted octanol–water partition coefficient (Wildman–Crippen LogP) is 1.54. The molecule has 1 aliphatic rings. The molecule has 1 rings (SSSR count). The Bertz CT molecular complexity index is 234. The van der Waals surface area contributed by atoms with E-state index in [1.165, 1.54) is 38.8 Å². The summed E-state index contributed by atoms with van der Waals surface area (Å²) in [6, 6.07) is 0.761. The van der Waals surface area contributed by atoms with Gasteiger partial charge in [-0.2, -0.15) is 0 Å². The van der Waals surface area contributed by atoms with Crippen molar-refractivity contribution in [3.05, 3.63) is 0 Å². The van der Waals surface area contributed by atoms with Gasteiger partial charge >= 0.3 is 0 Å². The van der Waals surface area contributed by atoms with E-state index in [-0.39, 0.29) is 6.10 Å². The molecule has 1 fully saturated rings. The lowest BCUT2D eigenvalue weighted by atomic mass is 10.0. The van der Waals surface area contributed by atoms with Gasteiger partial charge in [0.25, 0.3) is 0 Å². The van der Waals surface area contributed by atoms with Crippen LogP contribution >= 0.6 is 0 Å². The highest BCUT2D eigenvalue weighted by atomic mass is 16.3. The summed E-state index contributed by atoms with van der Waals surface area (Å²) < 4.78 is 0. The fraction of sp³-hybridized carbons (Fsp3) is 1.00. The number of nitrogens with zero attached hydrogens (tertiary/aromatic N) is 2. The van der Waals surface area contributed by atoms with Gasteiger partial charge in [0.05, 0.1) is 6.10 Å². The van der Waals surface area contributed by atoms with E-state index in [4.69, 9.17) is 0 Å². The molecule has 0 aromatic heterocycles. The summed E-state index contributed by atoms with van der Waals surface area (Å²) in [5.74, 6) is 0. The summed E-state index contributed by atoms with van der Waals surface area (Å²) in [6.07, 6.45) is 5.05. The minimum Gasteiger partial charge on any atom is -0.390 e. The predicted molar refractivity (Wildman–Crippen MR) is 86.2 cm³/mol. The summed E-state index contributed by atoms with van der Waals surface area (Å²) in [7, 11) is 0. The second-order valence-electron chi connectivity index (χ2n) is 6.08. The molecule has 1 aliphatic heterocycles. The fourth-order valence-electron chi connectivity index (χ4n) is 3.01. The second-order valence-corrected chi connectivity index (χ2v) is 6.08. The first-order valence-electron chi connectivity index (χ1n) is 8.52. The number of likely N-dealkylation sites (tertiary alicyclic amines) is 1. The van der Waals surface area contributed by atoms with Crippen molar-refractivity contribution in [3.8, 4) is 0 Å². The molecule has 2 N–H and O–H groups in total. The molecule has 4 heteroatoms. The number of aliphatic hydroxyl groups is 1. The maximum Gasteiger partial charge on any atom is 0.0791 e. The number of nitrogens with one attached hydrogen (secondary N) is 1. The maximum atomic E-state index is 9.96. The van der Waals surface area contributed by atoms with Gasteiger partial charge in [-0.25, -0.2) is 0 Å². The van der Waals surface area contributed by atoms with Gasteiger partial charge in [-0.15, -0.1) is 0 Å². The summed E-state index contributed by atoms with van der Waals surface area (Å²) in [5, 5.41) is 13.3. The molecule has 1 saturated heterocycles. The van der Waals surface area contributed by atoms with Crippen LogP contribution in [0.15, 0.2) is 0 Å². The molecule has 0 aliphatic carbocycles. The van der Waals surface area contributed by atoms with Gasteiger partial charge in [-0.05, 0) is 58.9 Å². The lowest BCUT2D eigenvalue weighted by molar-refractivity contribution is 0.115. The van der Waals surface area contributed by atoms with Gasteiger partial charge in [-0.3, -0.25) is 0 Å². The Labute approximate surface area is 125 Å². The van der Waals surface area contributed by atoms with E-state index in [9.17, 15) is 5.11 Å². The molecule has 20 heavy (non-hydrogen) atoms. The molecule has 2 unspecified atom stereocenters. The van der Waals surface area contributed by atoms with Gasteiger partial charge in [0.2, 0.25) is 0 Å². The number of rotatable bonds is 10. The normalized spacial score (nSPS) is 22.4. The van der Waals surface area contributed by atoms with Crippen molar-refractivity contribution in [2.75, 3.05) is 45.8 Å². The minimum absolute atomic E-state index is 0.246. The van der Waals surface area contributed by atoms with Gasteiger partial charge in [0.1, 0.15) is 0 Å². The molecule has 120 valence electrons. The smallest absolute Gasteiger partial charge is 0.0791 e. The summed E-state index contributed by atoms with van der Waals surface area (Å²) in [4.78, 5) is 4.87. The van der Waals surface area contributed by atoms with Crippen LogP contribution in [0, 0.1) is 0 Å². The highest BCUT2D eigenvalue weighted by Crippen LogP contribution is 2.15. The van der Waals surface area contributed by atoms with E-state index in [0.717, 1.165) is 32.2 Å². The van der Waals surface area contributed by atoms with Crippen molar-refractivity contribution in [3.63, 3.8) is 0 Å². The third-order valence-corrected chi connectivity index (χ3v) is 4.48. The van der Waals surface area contributed by atoms with Crippen LogP contribution < -0.4 is 5.32 Å². The number of aliphatic hydroxyl groups excluding tert-OH is 1. The van der Waals surface area contributed by atoms with Gasteiger partial charge in [0.15, 0.2) is 0 Å². The molecule has 0 aromatic carbocycles. The summed E-state index contributed by atoms with van der Waals surface area (Å²) >= 11 is 0. The number of likely N-dealkylation sites (N-methyl/N-ethyl adjacent to an activating group) is 1. The quantitative estimate of drug-likeness (QED) is 0.597. The fourth-order valence-corrected chi connectivity index (χ4v) is 3.01. The average molecular weight is 285 g/mol. The Morgan fingerprint density at radius 1 is 1.30 bits per heavy atom. The Morgan fingerprint density at radius 3 is 2.70 bits per heavy atom. The summed E-state index contributed by atoms with van der Waals surface area (Å²) in [5.41, 5.74) is 0. The molecular formula is C16H35N3O. The van der Waals surface area contributed by atoms with Crippen LogP contribution in [0.25, 0.3) is 0 Å². The Morgan fingerprint density at radius 2 is 2.05 bits per heavy atom. The van der Waals surface area contributed by atoms with Crippen LogP contribution in [-0.4, -0.2) is 72.9 Å². The first-order chi connectivity index (χ1) is 9.67. The van der Waals surface area contributed by atoms with Crippen LogP contribution in [0.3, 0.4) is 0 Å². The first kappa shape index (κ1) is 17.9. The molecule has 0 spiro atoms. The zero-order chi connectivity index (χ0) is 14.8. The van der Waals surface area contributed by atoms with Crippen molar-refractivity contribution in [2.45, 2.75) is 58.6 Å². The van der Waals surface area contributed by atoms with Crippen LogP contribution in [0.5, 0.6) is 0 Å². The molecule has 0 saturated carbocycles.